The van der Waals surface area contributed by atoms with Gasteiger partial charge in [0.15, 0.2) is 0 Å². The van der Waals surface area contributed by atoms with Crippen LogP contribution in [0.5, 0.6) is 0 Å². The highest BCUT2D eigenvalue weighted by Gasteiger charge is 2.04. The van der Waals surface area contributed by atoms with Gasteiger partial charge in [0.1, 0.15) is 0 Å². The fraction of sp³-hybridized carbons (Fsp3) is 0.538. The Morgan fingerprint density at radius 2 is 2.06 bits per heavy atom. The normalized spacial score (nSPS) is 13.1. The zero-order valence-corrected chi connectivity index (χ0v) is 11.7. The van der Waals surface area contributed by atoms with Gasteiger partial charge in [0.05, 0.1) is 0 Å². The van der Waals surface area contributed by atoms with Gasteiger partial charge < -0.3 is 5.32 Å². The molecule has 0 spiro atoms. The first-order valence-electron chi connectivity index (χ1n) is 5.69. The largest absolute Gasteiger partial charge is 0.314 e. The molecule has 0 amide bonds. The third-order valence-corrected chi connectivity index (χ3v) is 3.76. The average molecular weight is 258 g/mol. The Hall–Kier alpha value is -0.180. The molecule has 0 aliphatic heterocycles. The third-order valence-electron chi connectivity index (χ3n) is 2.21. The van der Waals surface area contributed by atoms with E-state index in [0.717, 1.165) is 17.3 Å². The van der Waals surface area contributed by atoms with Crippen LogP contribution in [0.2, 0.25) is 5.02 Å². The summed E-state index contributed by atoms with van der Waals surface area (Å²) in [4.78, 5) is 1.25. The van der Waals surface area contributed by atoms with E-state index in [1.54, 1.807) is 0 Å². The summed E-state index contributed by atoms with van der Waals surface area (Å²) in [5.41, 5.74) is 0. The van der Waals surface area contributed by atoms with Gasteiger partial charge in [-0.25, -0.2) is 0 Å². The van der Waals surface area contributed by atoms with E-state index in [9.17, 15) is 0 Å². The van der Waals surface area contributed by atoms with Crippen molar-refractivity contribution in [3.8, 4) is 0 Å². The van der Waals surface area contributed by atoms with Crippen molar-refractivity contribution in [2.45, 2.75) is 31.7 Å². The number of benzene rings is 1. The molecule has 0 aromatic heterocycles. The summed E-state index contributed by atoms with van der Waals surface area (Å²) in [6, 6.07) is 8.61. The first-order chi connectivity index (χ1) is 7.58. The predicted molar refractivity (Wildman–Crippen MR) is 74.5 cm³/mol. The minimum Gasteiger partial charge on any atom is -0.314 e. The molecular formula is C13H20ClNS. The minimum atomic E-state index is 0.568. The summed E-state index contributed by atoms with van der Waals surface area (Å²) < 4.78 is 0. The van der Waals surface area contributed by atoms with Crippen LogP contribution in [0.3, 0.4) is 0 Å². The fourth-order valence-electron chi connectivity index (χ4n) is 1.29. The fourth-order valence-corrected chi connectivity index (χ4v) is 2.53. The van der Waals surface area contributed by atoms with E-state index in [0.29, 0.717) is 12.0 Å². The van der Waals surface area contributed by atoms with E-state index in [1.165, 1.54) is 4.90 Å². The van der Waals surface area contributed by atoms with Gasteiger partial charge in [0, 0.05) is 21.7 Å². The molecule has 0 aliphatic carbocycles. The molecule has 0 heterocycles. The lowest BCUT2D eigenvalue weighted by Gasteiger charge is -2.14. The minimum absolute atomic E-state index is 0.568. The lowest BCUT2D eigenvalue weighted by molar-refractivity contribution is 0.510. The second-order valence-corrected chi connectivity index (χ2v) is 5.97. The van der Waals surface area contributed by atoms with Crippen molar-refractivity contribution in [2.24, 2.45) is 5.92 Å². The molecule has 1 atom stereocenters. The molecule has 0 bridgehead atoms. The second-order valence-electron chi connectivity index (χ2n) is 4.44. The SMILES string of the molecule is CC(CNC(C)C)CSc1cccc(Cl)c1. The molecule has 90 valence electrons. The molecule has 1 aromatic rings. The zero-order chi connectivity index (χ0) is 12.0. The molecule has 3 heteroatoms. The van der Waals surface area contributed by atoms with Crippen LogP contribution in [0.25, 0.3) is 0 Å². The average Bonchev–Trinajstić information content (AvgIpc) is 2.23. The van der Waals surface area contributed by atoms with Crippen molar-refractivity contribution in [1.82, 2.24) is 5.32 Å². The maximum absolute atomic E-state index is 5.94. The van der Waals surface area contributed by atoms with Crippen molar-refractivity contribution < 1.29 is 0 Å². The Labute approximate surface area is 108 Å². The first-order valence-corrected chi connectivity index (χ1v) is 7.06. The molecule has 1 N–H and O–H groups in total. The van der Waals surface area contributed by atoms with Gasteiger partial charge in [-0.2, -0.15) is 0 Å². The molecule has 0 fully saturated rings. The Kier molecular flexibility index (Phi) is 6.25. The van der Waals surface area contributed by atoms with E-state index >= 15 is 0 Å². The van der Waals surface area contributed by atoms with Gasteiger partial charge >= 0.3 is 0 Å². The Morgan fingerprint density at radius 3 is 2.69 bits per heavy atom. The molecule has 1 nitrogen and oxygen atoms in total. The topological polar surface area (TPSA) is 12.0 Å². The number of thioether (sulfide) groups is 1. The lowest BCUT2D eigenvalue weighted by atomic mass is 10.2. The predicted octanol–water partition coefficient (Wildman–Crippen LogP) is 4.07. The van der Waals surface area contributed by atoms with Crippen molar-refractivity contribution >= 4 is 23.4 Å². The van der Waals surface area contributed by atoms with Crippen LogP contribution >= 0.6 is 23.4 Å². The number of rotatable bonds is 6. The molecule has 1 unspecified atom stereocenters. The molecule has 0 saturated heterocycles. The van der Waals surface area contributed by atoms with E-state index < -0.39 is 0 Å². The van der Waals surface area contributed by atoms with Crippen LogP contribution in [0.15, 0.2) is 29.2 Å². The highest BCUT2D eigenvalue weighted by Crippen LogP contribution is 2.23. The molecule has 0 saturated carbocycles. The maximum atomic E-state index is 5.94. The molecular weight excluding hydrogens is 238 g/mol. The van der Waals surface area contributed by atoms with E-state index in [-0.39, 0.29) is 0 Å². The smallest absolute Gasteiger partial charge is 0.0417 e. The summed E-state index contributed by atoms with van der Waals surface area (Å²) in [5, 5.41) is 4.27. The molecule has 1 aromatic carbocycles. The monoisotopic (exact) mass is 257 g/mol. The summed E-state index contributed by atoms with van der Waals surface area (Å²) in [6.45, 7) is 7.70. The van der Waals surface area contributed by atoms with Crippen LogP contribution in [-0.4, -0.2) is 18.3 Å². The van der Waals surface area contributed by atoms with Crippen LogP contribution in [0.1, 0.15) is 20.8 Å². The van der Waals surface area contributed by atoms with Crippen LogP contribution in [0, 0.1) is 5.92 Å². The molecule has 16 heavy (non-hydrogen) atoms. The zero-order valence-electron chi connectivity index (χ0n) is 10.2. The van der Waals surface area contributed by atoms with Crippen LogP contribution in [-0.2, 0) is 0 Å². The molecule has 0 radical (unpaired) electrons. The Bertz CT molecular complexity index is 315. The number of hydrogen-bond acceptors (Lipinski definition) is 2. The van der Waals surface area contributed by atoms with E-state index in [2.05, 4.69) is 32.2 Å². The summed E-state index contributed by atoms with van der Waals surface area (Å²) in [5.74, 6) is 1.80. The Balaban J connectivity index is 2.28. The Morgan fingerprint density at radius 1 is 1.31 bits per heavy atom. The van der Waals surface area contributed by atoms with E-state index in [4.69, 9.17) is 11.6 Å². The molecule has 1 rings (SSSR count). The number of halogens is 1. The highest BCUT2D eigenvalue weighted by molar-refractivity contribution is 7.99. The van der Waals surface area contributed by atoms with Gasteiger partial charge in [-0.1, -0.05) is 38.4 Å². The van der Waals surface area contributed by atoms with E-state index in [1.807, 2.05) is 30.0 Å². The lowest BCUT2D eigenvalue weighted by Crippen LogP contribution is -2.28. The van der Waals surface area contributed by atoms with Gasteiger partial charge in [0.25, 0.3) is 0 Å². The van der Waals surface area contributed by atoms with Crippen molar-refractivity contribution in [3.63, 3.8) is 0 Å². The van der Waals surface area contributed by atoms with Crippen molar-refractivity contribution in [2.75, 3.05) is 12.3 Å². The molecule has 0 aliphatic rings. The summed E-state index contributed by atoms with van der Waals surface area (Å²) >= 11 is 7.81. The summed E-state index contributed by atoms with van der Waals surface area (Å²) in [6.07, 6.45) is 0. The van der Waals surface area contributed by atoms with Crippen LogP contribution < -0.4 is 5.32 Å². The van der Waals surface area contributed by atoms with Gasteiger partial charge in [-0.05, 0) is 30.7 Å². The number of hydrogen-bond donors (Lipinski definition) is 1. The van der Waals surface area contributed by atoms with Crippen molar-refractivity contribution in [1.29, 1.82) is 0 Å². The highest BCUT2D eigenvalue weighted by atomic mass is 35.5. The van der Waals surface area contributed by atoms with Crippen molar-refractivity contribution in [3.05, 3.63) is 29.3 Å². The van der Waals surface area contributed by atoms with Crippen LogP contribution in [0.4, 0.5) is 0 Å². The standard InChI is InChI=1S/C13H20ClNS/c1-10(2)15-8-11(3)9-16-13-6-4-5-12(14)7-13/h4-7,10-11,15H,8-9H2,1-3H3. The first kappa shape index (κ1) is 13.9. The van der Waals surface area contributed by atoms with Gasteiger partial charge in [-0.3, -0.25) is 0 Å². The van der Waals surface area contributed by atoms with Gasteiger partial charge in [-0.15, -0.1) is 11.8 Å². The quantitative estimate of drug-likeness (QED) is 0.772. The number of nitrogens with one attached hydrogen (secondary N) is 1. The second kappa shape index (κ2) is 7.21. The third kappa shape index (κ3) is 5.78. The maximum Gasteiger partial charge on any atom is 0.0417 e. The van der Waals surface area contributed by atoms with Gasteiger partial charge in [0.2, 0.25) is 0 Å². The summed E-state index contributed by atoms with van der Waals surface area (Å²) in [7, 11) is 0.